The molecule has 5 nitrogen and oxygen atoms in total. The molecule has 0 aliphatic carbocycles. The van der Waals surface area contributed by atoms with Gasteiger partial charge in [0.2, 0.25) is 10.0 Å². The molecule has 0 bridgehead atoms. The van der Waals surface area contributed by atoms with Crippen molar-refractivity contribution in [3.05, 3.63) is 52.4 Å². The van der Waals surface area contributed by atoms with Crippen LogP contribution in [0.15, 0.2) is 50.4 Å². The summed E-state index contributed by atoms with van der Waals surface area (Å²) in [4.78, 5) is 0.117. The van der Waals surface area contributed by atoms with Crippen LogP contribution in [0.1, 0.15) is 11.3 Å². The summed E-state index contributed by atoms with van der Waals surface area (Å²) in [6.07, 6.45) is 0. The maximum absolute atomic E-state index is 11.1. The van der Waals surface area contributed by atoms with Gasteiger partial charge in [0.15, 0.2) is 4.67 Å². The van der Waals surface area contributed by atoms with Gasteiger partial charge in [-0.1, -0.05) is 12.1 Å². The van der Waals surface area contributed by atoms with Crippen LogP contribution < -0.4 is 10.5 Å². The Morgan fingerprint density at radius 3 is 2.32 bits per heavy atom. The minimum Gasteiger partial charge on any atom is -0.453 e. The van der Waals surface area contributed by atoms with Crippen molar-refractivity contribution in [1.29, 1.82) is 0 Å². The molecule has 1 aromatic heterocycles. The molecule has 2 aromatic rings. The zero-order valence-electron chi connectivity index (χ0n) is 9.97. The number of hydrogen-bond donors (Lipinski definition) is 2. The molecule has 0 amide bonds. The Morgan fingerprint density at radius 1 is 1.11 bits per heavy atom. The Kier molecular flexibility index (Phi) is 4.41. The molecule has 2 rings (SSSR count). The van der Waals surface area contributed by atoms with Crippen LogP contribution in [0.2, 0.25) is 0 Å². The van der Waals surface area contributed by atoms with E-state index in [-0.39, 0.29) is 4.90 Å². The van der Waals surface area contributed by atoms with Crippen molar-refractivity contribution in [2.75, 3.05) is 0 Å². The molecular formula is C12H13BrN2O3S. The summed E-state index contributed by atoms with van der Waals surface area (Å²) >= 11 is 3.23. The third-order valence-corrected chi connectivity index (χ3v) is 3.86. The highest BCUT2D eigenvalue weighted by molar-refractivity contribution is 9.10. The van der Waals surface area contributed by atoms with Crippen LogP contribution in [-0.2, 0) is 23.1 Å². The van der Waals surface area contributed by atoms with Crippen molar-refractivity contribution in [3.63, 3.8) is 0 Å². The van der Waals surface area contributed by atoms with E-state index < -0.39 is 10.0 Å². The predicted octanol–water partition coefficient (Wildman–Crippen LogP) is 1.98. The highest BCUT2D eigenvalue weighted by Crippen LogP contribution is 2.14. The average Bonchev–Trinajstić information content (AvgIpc) is 2.75. The van der Waals surface area contributed by atoms with E-state index in [1.54, 1.807) is 12.1 Å². The lowest BCUT2D eigenvalue weighted by Crippen LogP contribution is -2.14. The quantitative estimate of drug-likeness (QED) is 0.868. The van der Waals surface area contributed by atoms with Gasteiger partial charge in [0.1, 0.15) is 5.76 Å². The second-order valence-corrected chi connectivity index (χ2v) is 6.34. The molecule has 0 saturated carbocycles. The Labute approximate surface area is 120 Å². The molecule has 0 aliphatic rings. The van der Waals surface area contributed by atoms with Gasteiger partial charge in [-0.15, -0.1) is 0 Å². The van der Waals surface area contributed by atoms with Gasteiger partial charge in [-0.05, 0) is 45.8 Å². The lowest BCUT2D eigenvalue weighted by molar-refractivity contribution is 0.465. The fraction of sp³-hybridized carbons (Fsp3) is 0.167. The lowest BCUT2D eigenvalue weighted by Gasteiger charge is -2.04. The van der Waals surface area contributed by atoms with Gasteiger partial charge in [0, 0.05) is 6.54 Å². The largest absolute Gasteiger partial charge is 0.453 e. The number of nitrogens with one attached hydrogen (secondary N) is 1. The van der Waals surface area contributed by atoms with Gasteiger partial charge >= 0.3 is 0 Å². The van der Waals surface area contributed by atoms with E-state index in [0.717, 1.165) is 11.3 Å². The SMILES string of the molecule is NS(=O)(=O)c1ccc(CNCc2ccc(Br)o2)cc1. The highest BCUT2D eigenvalue weighted by Gasteiger charge is 2.06. The van der Waals surface area contributed by atoms with Crippen LogP contribution in [0.3, 0.4) is 0 Å². The molecule has 0 aliphatic heterocycles. The molecule has 102 valence electrons. The first-order valence-electron chi connectivity index (χ1n) is 5.52. The summed E-state index contributed by atoms with van der Waals surface area (Å²) in [7, 11) is -3.62. The van der Waals surface area contributed by atoms with Gasteiger partial charge in [-0.3, -0.25) is 0 Å². The number of halogens is 1. The molecule has 3 N–H and O–H groups in total. The Morgan fingerprint density at radius 2 is 1.79 bits per heavy atom. The standard InChI is InChI=1S/C12H13BrN2O3S/c13-12-6-3-10(18-12)8-15-7-9-1-4-11(5-2-9)19(14,16)17/h1-6,15H,7-8H2,(H2,14,16,17). The van der Waals surface area contributed by atoms with E-state index >= 15 is 0 Å². The summed E-state index contributed by atoms with van der Waals surface area (Å²) in [5, 5.41) is 8.22. The monoisotopic (exact) mass is 344 g/mol. The molecule has 1 aromatic carbocycles. The number of rotatable bonds is 5. The summed E-state index contributed by atoms with van der Waals surface area (Å²) < 4.78 is 28.2. The van der Waals surface area contributed by atoms with Gasteiger partial charge in [0.25, 0.3) is 0 Å². The van der Waals surface area contributed by atoms with Crippen molar-refractivity contribution in [2.24, 2.45) is 5.14 Å². The minimum absolute atomic E-state index is 0.117. The first kappa shape index (κ1) is 14.3. The van der Waals surface area contributed by atoms with Gasteiger partial charge in [0.05, 0.1) is 11.4 Å². The van der Waals surface area contributed by atoms with Crippen LogP contribution in [0, 0.1) is 0 Å². The van der Waals surface area contributed by atoms with Gasteiger partial charge in [-0.2, -0.15) is 0 Å². The highest BCUT2D eigenvalue weighted by atomic mass is 79.9. The smallest absolute Gasteiger partial charge is 0.238 e. The Bertz CT molecular complexity index is 650. The van der Waals surface area contributed by atoms with Crippen LogP contribution >= 0.6 is 15.9 Å². The summed E-state index contributed by atoms with van der Waals surface area (Å²) in [5.74, 6) is 0.827. The fourth-order valence-electron chi connectivity index (χ4n) is 1.57. The van der Waals surface area contributed by atoms with Crippen molar-refractivity contribution in [1.82, 2.24) is 5.32 Å². The molecule has 0 radical (unpaired) electrons. The Hall–Kier alpha value is -1.15. The molecule has 0 spiro atoms. The fourth-order valence-corrected chi connectivity index (χ4v) is 2.43. The van der Waals surface area contributed by atoms with Crippen LogP contribution in [0.4, 0.5) is 0 Å². The maximum atomic E-state index is 11.1. The minimum atomic E-state index is -3.62. The second kappa shape index (κ2) is 5.87. The predicted molar refractivity (Wildman–Crippen MR) is 74.8 cm³/mol. The summed E-state index contributed by atoms with van der Waals surface area (Å²) in [6.45, 7) is 1.21. The van der Waals surface area contributed by atoms with Gasteiger partial charge in [-0.25, -0.2) is 13.6 Å². The van der Waals surface area contributed by atoms with E-state index in [9.17, 15) is 8.42 Å². The first-order chi connectivity index (χ1) is 8.95. The molecular weight excluding hydrogens is 332 g/mol. The zero-order chi connectivity index (χ0) is 13.9. The van der Waals surface area contributed by atoms with Crippen LogP contribution in [0.25, 0.3) is 0 Å². The number of sulfonamides is 1. The third-order valence-electron chi connectivity index (χ3n) is 2.51. The second-order valence-electron chi connectivity index (χ2n) is 4.00. The first-order valence-corrected chi connectivity index (χ1v) is 7.86. The summed E-state index contributed by atoms with van der Waals surface area (Å²) in [5.41, 5.74) is 0.970. The lowest BCUT2D eigenvalue weighted by atomic mass is 10.2. The number of hydrogen-bond acceptors (Lipinski definition) is 4. The molecule has 1 heterocycles. The molecule has 7 heteroatoms. The molecule has 0 fully saturated rings. The normalized spacial score (nSPS) is 11.7. The van der Waals surface area contributed by atoms with E-state index in [0.29, 0.717) is 17.8 Å². The van der Waals surface area contributed by atoms with E-state index in [1.165, 1.54) is 12.1 Å². The van der Waals surface area contributed by atoms with Crippen molar-refractivity contribution in [3.8, 4) is 0 Å². The Balaban J connectivity index is 1.90. The van der Waals surface area contributed by atoms with Gasteiger partial charge < -0.3 is 9.73 Å². The molecule has 0 unspecified atom stereocenters. The van der Waals surface area contributed by atoms with Crippen molar-refractivity contribution < 1.29 is 12.8 Å². The maximum Gasteiger partial charge on any atom is 0.238 e. The number of nitrogens with two attached hydrogens (primary N) is 1. The topological polar surface area (TPSA) is 85.3 Å². The van der Waals surface area contributed by atoms with Crippen LogP contribution in [-0.4, -0.2) is 8.42 Å². The van der Waals surface area contributed by atoms with E-state index in [4.69, 9.17) is 9.56 Å². The van der Waals surface area contributed by atoms with Crippen molar-refractivity contribution >= 4 is 26.0 Å². The van der Waals surface area contributed by atoms with E-state index in [2.05, 4.69) is 21.2 Å². The number of furan rings is 1. The molecule has 0 saturated heterocycles. The molecule has 0 atom stereocenters. The van der Waals surface area contributed by atoms with E-state index in [1.807, 2.05) is 12.1 Å². The summed E-state index contributed by atoms with van der Waals surface area (Å²) in [6, 6.07) is 10.2. The van der Waals surface area contributed by atoms with Crippen molar-refractivity contribution in [2.45, 2.75) is 18.0 Å². The zero-order valence-corrected chi connectivity index (χ0v) is 12.4. The number of benzene rings is 1. The third kappa shape index (κ3) is 4.17. The van der Waals surface area contributed by atoms with Crippen LogP contribution in [0.5, 0.6) is 0 Å². The molecule has 19 heavy (non-hydrogen) atoms. The average molecular weight is 345 g/mol. The number of primary sulfonamides is 1.